The van der Waals surface area contributed by atoms with Gasteiger partial charge in [-0.15, -0.1) is 0 Å². The molecule has 0 aliphatic heterocycles. The van der Waals surface area contributed by atoms with Gasteiger partial charge in [0.2, 0.25) is 0 Å². The van der Waals surface area contributed by atoms with Crippen LogP contribution in [-0.4, -0.2) is 34.4 Å². The van der Waals surface area contributed by atoms with Crippen molar-refractivity contribution in [3.63, 3.8) is 0 Å². The van der Waals surface area contributed by atoms with Crippen LogP contribution in [0, 0.1) is 0 Å². The predicted molar refractivity (Wildman–Crippen MR) is 58.0 cm³/mol. The van der Waals surface area contributed by atoms with E-state index >= 15 is 0 Å². The van der Waals surface area contributed by atoms with Crippen molar-refractivity contribution in [3.05, 3.63) is 0 Å². The molecule has 0 saturated heterocycles. The minimum Gasteiger partial charge on any atom is -0.481 e. The number of carboxylic acid groups (broad SMARTS) is 1. The molecule has 0 aliphatic rings. The lowest BCUT2D eigenvalue weighted by Crippen LogP contribution is -2.34. The monoisotopic (exact) mass is 232 g/mol. The number of carbonyl (C=O) groups is 2. The van der Waals surface area contributed by atoms with Gasteiger partial charge in [0.1, 0.15) is 0 Å². The number of carboxylic acids is 1. The lowest BCUT2D eigenvalue weighted by molar-refractivity contribution is -0.153. The summed E-state index contributed by atoms with van der Waals surface area (Å²) in [6, 6.07) is 0. The summed E-state index contributed by atoms with van der Waals surface area (Å²) in [6.45, 7) is 3.94. The maximum Gasteiger partial charge on any atom is 0.308 e. The SMILES string of the molecule is CCCCOC(=O)CC(O)(CC)CC(=O)O. The molecule has 0 aromatic carbocycles. The van der Waals surface area contributed by atoms with Gasteiger partial charge in [0.05, 0.1) is 25.0 Å². The Labute approximate surface area is 95.4 Å². The molecule has 0 fully saturated rings. The number of hydrogen-bond donors (Lipinski definition) is 2. The fourth-order valence-corrected chi connectivity index (χ4v) is 1.24. The Morgan fingerprint density at radius 1 is 1.25 bits per heavy atom. The zero-order valence-electron chi connectivity index (χ0n) is 9.86. The first-order chi connectivity index (χ1) is 7.43. The Balaban J connectivity index is 4.09. The number of carbonyl (C=O) groups excluding carboxylic acids is 1. The first-order valence-corrected chi connectivity index (χ1v) is 5.53. The molecule has 0 radical (unpaired) electrons. The Bertz CT molecular complexity index is 239. The minimum absolute atomic E-state index is 0.210. The van der Waals surface area contributed by atoms with Gasteiger partial charge in [-0.05, 0) is 12.8 Å². The Morgan fingerprint density at radius 3 is 2.31 bits per heavy atom. The molecule has 5 heteroatoms. The maximum absolute atomic E-state index is 11.3. The third-order valence-corrected chi connectivity index (χ3v) is 2.37. The van der Waals surface area contributed by atoms with E-state index in [1.54, 1.807) is 6.92 Å². The molecule has 0 aliphatic carbocycles. The van der Waals surface area contributed by atoms with Crippen LogP contribution in [0.15, 0.2) is 0 Å². The number of esters is 1. The van der Waals surface area contributed by atoms with Gasteiger partial charge in [0.15, 0.2) is 0 Å². The molecule has 0 amide bonds. The first-order valence-electron chi connectivity index (χ1n) is 5.53. The Kier molecular flexibility index (Phi) is 6.72. The number of aliphatic hydroxyl groups is 1. The van der Waals surface area contributed by atoms with E-state index in [0.29, 0.717) is 6.61 Å². The van der Waals surface area contributed by atoms with Crippen LogP contribution in [0.2, 0.25) is 0 Å². The molecule has 1 unspecified atom stereocenters. The van der Waals surface area contributed by atoms with E-state index in [-0.39, 0.29) is 12.8 Å². The Hall–Kier alpha value is -1.10. The second kappa shape index (κ2) is 7.22. The van der Waals surface area contributed by atoms with Gasteiger partial charge in [-0.25, -0.2) is 0 Å². The molecular weight excluding hydrogens is 212 g/mol. The maximum atomic E-state index is 11.3. The molecule has 0 saturated carbocycles. The number of unbranched alkanes of at least 4 members (excludes halogenated alkanes) is 1. The van der Waals surface area contributed by atoms with Crippen molar-refractivity contribution < 1.29 is 24.5 Å². The van der Waals surface area contributed by atoms with E-state index in [9.17, 15) is 14.7 Å². The van der Waals surface area contributed by atoms with Crippen molar-refractivity contribution in [3.8, 4) is 0 Å². The largest absolute Gasteiger partial charge is 0.481 e. The van der Waals surface area contributed by atoms with Crippen molar-refractivity contribution in [1.29, 1.82) is 0 Å². The molecule has 94 valence electrons. The lowest BCUT2D eigenvalue weighted by atomic mass is 9.93. The van der Waals surface area contributed by atoms with Gasteiger partial charge in [0.25, 0.3) is 0 Å². The molecule has 0 bridgehead atoms. The average Bonchev–Trinajstić information content (AvgIpc) is 2.16. The third-order valence-electron chi connectivity index (χ3n) is 2.37. The van der Waals surface area contributed by atoms with Crippen LogP contribution in [0.5, 0.6) is 0 Å². The van der Waals surface area contributed by atoms with Crippen molar-refractivity contribution in [2.45, 2.75) is 51.6 Å². The lowest BCUT2D eigenvalue weighted by Gasteiger charge is -2.23. The van der Waals surface area contributed by atoms with E-state index in [0.717, 1.165) is 12.8 Å². The molecule has 0 spiro atoms. The van der Waals surface area contributed by atoms with Gasteiger partial charge in [-0.2, -0.15) is 0 Å². The molecule has 0 heterocycles. The average molecular weight is 232 g/mol. The van der Waals surface area contributed by atoms with Crippen LogP contribution < -0.4 is 0 Å². The molecular formula is C11H20O5. The highest BCUT2D eigenvalue weighted by Crippen LogP contribution is 2.20. The summed E-state index contributed by atoms with van der Waals surface area (Å²) in [5.74, 6) is -1.66. The zero-order valence-corrected chi connectivity index (χ0v) is 9.86. The fraction of sp³-hybridized carbons (Fsp3) is 0.818. The molecule has 2 N–H and O–H groups in total. The van der Waals surface area contributed by atoms with Gasteiger partial charge in [0, 0.05) is 0 Å². The highest BCUT2D eigenvalue weighted by atomic mass is 16.5. The van der Waals surface area contributed by atoms with Crippen LogP contribution in [0.3, 0.4) is 0 Å². The standard InChI is InChI=1S/C11H20O5/c1-3-5-6-16-10(14)8-11(15,4-2)7-9(12)13/h15H,3-8H2,1-2H3,(H,12,13). The van der Waals surface area contributed by atoms with Crippen LogP contribution in [0.4, 0.5) is 0 Å². The summed E-state index contributed by atoms with van der Waals surface area (Å²) in [7, 11) is 0. The summed E-state index contributed by atoms with van der Waals surface area (Å²) in [6.07, 6.45) is 1.20. The van der Waals surface area contributed by atoms with E-state index in [1.165, 1.54) is 0 Å². The van der Waals surface area contributed by atoms with E-state index in [2.05, 4.69) is 0 Å². The summed E-state index contributed by atoms with van der Waals surface area (Å²) >= 11 is 0. The topological polar surface area (TPSA) is 83.8 Å². The number of ether oxygens (including phenoxy) is 1. The molecule has 5 nitrogen and oxygen atoms in total. The predicted octanol–water partition coefficient (Wildman–Crippen LogP) is 1.34. The quantitative estimate of drug-likeness (QED) is 0.487. The minimum atomic E-state index is -1.49. The highest BCUT2D eigenvalue weighted by Gasteiger charge is 2.31. The smallest absolute Gasteiger partial charge is 0.308 e. The van der Waals surface area contributed by atoms with E-state index in [4.69, 9.17) is 9.84 Å². The third kappa shape index (κ3) is 6.40. The van der Waals surface area contributed by atoms with Gasteiger partial charge in [-0.3, -0.25) is 9.59 Å². The highest BCUT2D eigenvalue weighted by molar-refractivity contribution is 5.73. The van der Waals surface area contributed by atoms with Crippen LogP contribution >= 0.6 is 0 Å². The summed E-state index contributed by atoms with van der Waals surface area (Å²) in [5.41, 5.74) is -1.49. The van der Waals surface area contributed by atoms with Gasteiger partial charge in [-0.1, -0.05) is 20.3 Å². The van der Waals surface area contributed by atoms with Crippen molar-refractivity contribution in [1.82, 2.24) is 0 Å². The molecule has 0 rings (SSSR count). The number of rotatable bonds is 8. The van der Waals surface area contributed by atoms with E-state index in [1.807, 2.05) is 6.92 Å². The van der Waals surface area contributed by atoms with Crippen molar-refractivity contribution >= 4 is 11.9 Å². The fourth-order valence-electron chi connectivity index (χ4n) is 1.24. The second-order valence-electron chi connectivity index (χ2n) is 3.90. The second-order valence-corrected chi connectivity index (χ2v) is 3.90. The van der Waals surface area contributed by atoms with E-state index < -0.39 is 24.0 Å². The summed E-state index contributed by atoms with van der Waals surface area (Å²) < 4.78 is 4.87. The van der Waals surface area contributed by atoms with Gasteiger partial charge >= 0.3 is 11.9 Å². The molecule has 16 heavy (non-hydrogen) atoms. The van der Waals surface area contributed by atoms with Crippen LogP contribution in [0.25, 0.3) is 0 Å². The number of hydrogen-bond acceptors (Lipinski definition) is 4. The van der Waals surface area contributed by atoms with Crippen LogP contribution in [-0.2, 0) is 14.3 Å². The number of aliphatic carboxylic acids is 1. The molecule has 0 aromatic heterocycles. The normalized spacial score (nSPS) is 14.2. The summed E-state index contributed by atoms with van der Waals surface area (Å²) in [5, 5.41) is 18.4. The zero-order chi connectivity index (χ0) is 12.6. The van der Waals surface area contributed by atoms with Crippen LogP contribution in [0.1, 0.15) is 46.0 Å². The van der Waals surface area contributed by atoms with Gasteiger partial charge < -0.3 is 14.9 Å². The first kappa shape index (κ1) is 14.9. The van der Waals surface area contributed by atoms with Crippen molar-refractivity contribution in [2.75, 3.05) is 6.61 Å². The Morgan fingerprint density at radius 2 is 1.88 bits per heavy atom. The molecule has 1 atom stereocenters. The van der Waals surface area contributed by atoms with Crippen molar-refractivity contribution in [2.24, 2.45) is 0 Å². The summed E-state index contributed by atoms with van der Waals surface area (Å²) in [4.78, 5) is 21.8. The molecule has 0 aromatic rings.